The van der Waals surface area contributed by atoms with Gasteiger partial charge in [0.25, 0.3) is 15.9 Å². The van der Waals surface area contributed by atoms with E-state index in [1.807, 2.05) is 6.92 Å². The summed E-state index contributed by atoms with van der Waals surface area (Å²) in [4.78, 5) is 12.1. The summed E-state index contributed by atoms with van der Waals surface area (Å²) in [5.41, 5.74) is 1.44. The van der Waals surface area contributed by atoms with Gasteiger partial charge < -0.3 is 5.32 Å². The molecule has 1 aromatic heterocycles. The monoisotopic (exact) mass is 424 g/mol. The van der Waals surface area contributed by atoms with Gasteiger partial charge in [0.15, 0.2) is 5.82 Å². The Morgan fingerprint density at radius 3 is 2.41 bits per heavy atom. The number of H-pyrrole nitrogens is 1. The highest BCUT2D eigenvalue weighted by molar-refractivity contribution is 7.92. The number of nitrogens with zero attached hydrogens (tertiary/aromatic N) is 1. The molecule has 140 valence electrons. The number of sulfonamides is 1. The van der Waals surface area contributed by atoms with Crippen LogP contribution in [0.2, 0.25) is 10.0 Å². The zero-order valence-electron chi connectivity index (χ0n) is 14.0. The van der Waals surface area contributed by atoms with Crippen molar-refractivity contribution >= 4 is 50.6 Å². The highest BCUT2D eigenvalue weighted by atomic mass is 35.5. The number of anilines is 2. The number of halogens is 2. The molecule has 3 aromatic rings. The first-order valence-electron chi connectivity index (χ1n) is 7.66. The van der Waals surface area contributed by atoms with Crippen LogP contribution in [0.25, 0.3) is 0 Å². The lowest BCUT2D eigenvalue weighted by molar-refractivity contribution is 0.102. The van der Waals surface area contributed by atoms with Crippen molar-refractivity contribution in [2.45, 2.75) is 11.8 Å². The summed E-state index contributed by atoms with van der Waals surface area (Å²) in [6.07, 6.45) is 0. The first-order valence-corrected chi connectivity index (χ1v) is 9.90. The lowest BCUT2D eigenvalue weighted by Gasteiger charge is -2.10. The van der Waals surface area contributed by atoms with Gasteiger partial charge in [0.05, 0.1) is 5.02 Å². The molecule has 0 saturated carbocycles. The Bertz CT molecular complexity index is 1100. The molecule has 0 unspecified atom stereocenters. The summed E-state index contributed by atoms with van der Waals surface area (Å²) in [6, 6.07) is 11.8. The number of carbonyl (C=O) groups excluding carboxylic acids is 1. The van der Waals surface area contributed by atoms with Crippen molar-refractivity contribution in [2.24, 2.45) is 0 Å². The zero-order chi connectivity index (χ0) is 19.6. The minimum Gasteiger partial charge on any atom is -0.305 e. The standard InChI is InChI=1S/C17H14Cl2N4O3S/c1-10-8-16(22-21-10)20-17(24)11-2-5-13(6-3-11)23-27(25,26)15-9-12(18)4-7-14(15)19/h2-9,23H,1H3,(H2,20,21,22,24). The van der Waals surface area contributed by atoms with Crippen LogP contribution in [0, 0.1) is 6.92 Å². The Morgan fingerprint density at radius 2 is 1.78 bits per heavy atom. The molecule has 10 heteroatoms. The summed E-state index contributed by atoms with van der Waals surface area (Å²) < 4.78 is 27.4. The topological polar surface area (TPSA) is 104 Å². The third kappa shape index (κ3) is 4.60. The number of amides is 1. The summed E-state index contributed by atoms with van der Waals surface area (Å²) in [5.74, 6) is 0.0340. The van der Waals surface area contributed by atoms with Gasteiger partial charge in [-0.05, 0) is 49.4 Å². The second-order valence-electron chi connectivity index (χ2n) is 5.65. The van der Waals surface area contributed by atoms with Crippen molar-refractivity contribution < 1.29 is 13.2 Å². The van der Waals surface area contributed by atoms with Crippen LogP contribution in [0.1, 0.15) is 16.1 Å². The van der Waals surface area contributed by atoms with Crippen LogP contribution in [-0.2, 0) is 10.0 Å². The van der Waals surface area contributed by atoms with E-state index in [9.17, 15) is 13.2 Å². The predicted molar refractivity (Wildman–Crippen MR) is 105 cm³/mol. The molecule has 0 bridgehead atoms. The van der Waals surface area contributed by atoms with Gasteiger partial charge in [-0.3, -0.25) is 14.6 Å². The number of hydrogen-bond acceptors (Lipinski definition) is 4. The Hall–Kier alpha value is -2.55. The summed E-state index contributed by atoms with van der Waals surface area (Å²) >= 11 is 11.8. The number of benzene rings is 2. The number of hydrogen-bond donors (Lipinski definition) is 3. The molecular weight excluding hydrogens is 411 g/mol. The molecule has 0 aliphatic carbocycles. The molecule has 27 heavy (non-hydrogen) atoms. The zero-order valence-corrected chi connectivity index (χ0v) is 16.3. The van der Waals surface area contributed by atoms with E-state index < -0.39 is 10.0 Å². The summed E-state index contributed by atoms with van der Waals surface area (Å²) in [5, 5.41) is 9.58. The molecule has 0 radical (unpaired) electrons. The molecule has 0 spiro atoms. The van der Waals surface area contributed by atoms with Gasteiger partial charge >= 0.3 is 0 Å². The second-order valence-corrected chi connectivity index (χ2v) is 8.14. The maximum absolute atomic E-state index is 12.5. The van der Waals surface area contributed by atoms with Gasteiger partial charge in [0, 0.05) is 28.0 Å². The van der Waals surface area contributed by atoms with Gasteiger partial charge in [-0.2, -0.15) is 5.10 Å². The van der Waals surface area contributed by atoms with Gasteiger partial charge in [-0.25, -0.2) is 8.42 Å². The van der Waals surface area contributed by atoms with Gasteiger partial charge in [-0.15, -0.1) is 0 Å². The van der Waals surface area contributed by atoms with Crippen LogP contribution in [0.15, 0.2) is 53.4 Å². The summed E-state index contributed by atoms with van der Waals surface area (Å²) in [6.45, 7) is 1.82. The Kier molecular flexibility index (Phi) is 5.41. The highest BCUT2D eigenvalue weighted by Crippen LogP contribution is 2.27. The Morgan fingerprint density at radius 1 is 1.07 bits per heavy atom. The SMILES string of the molecule is Cc1cc(NC(=O)c2ccc(NS(=O)(=O)c3cc(Cl)ccc3Cl)cc2)n[nH]1. The lowest BCUT2D eigenvalue weighted by Crippen LogP contribution is -2.14. The molecule has 1 amide bonds. The van der Waals surface area contributed by atoms with E-state index in [-0.39, 0.29) is 26.5 Å². The van der Waals surface area contributed by atoms with Crippen LogP contribution >= 0.6 is 23.2 Å². The number of nitrogens with one attached hydrogen (secondary N) is 3. The normalized spacial score (nSPS) is 11.2. The Balaban J connectivity index is 1.75. The van der Waals surface area contributed by atoms with Gasteiger partial charge in [0.1, 0.15) is 4.90 Å². The fourth-order valence-corrected chi connectivity index (χ4v) is 4.08. The minimum absolute atomic E-state index is 0.0530. The molecule has 0 aliphatic rings. The van der Waals surface area contributed by atoms with Crippen molar-refractivity contribution in [1.82, 2.24) is 10.2 Å². The maximum Gasteiger partial charge on any atom is 0.263 e. The van der Waals surface area contributed by atoms with E-state index in [1.165, 1.54) is 42.5 Å². The minimum atomic E-state index is -3.93. The van der Waals surface area contributed by atoms with Crippen LogP contribution in [0.5, 0.6) is 0 Å². The number of carbonyl (C=O) groups is 1. The van der Waals surface area contributed by atoms with E-state index in [2.05, 4.69) is 20.2 Å². The van der Waals surface area contributed by atoms with Gasteiger partial charge in [-0.1, -0.05) is 23.2 Å². The van der Waals surface area contributed by atoms with Crippen LogP contribution in [0.4, 0.5) is 11.5 Å². The number of aryl methyl sites for hydroxylation is 1. The first kappa shape index (κ1) is 19.2. The molecule has 3 N–H and O–H groups in total. The van der Waals surface area contributed by atoms with Crippen LogP contribution in [0.3, 0.4) is 0 Å². The van der Waals surface area contributed by atoms with Crippen LogP contribution < -0.4 is 10.0 Å². The summed E-state index contributed by atoms with van der Waals surface area (Å²) in [7, 11) is -3.93. The molecule has 7 nitrogen and oxygen atoms in total. The van der Waals surface area contributed by atoms with E-state index in [0.717, 1.165) is 5.69 Å². The fraction of sp³-hybridized carbons (Fsp3) is 0.0588. The largest absolute Gasteiger partial charge is 0.305 e. The van der Waals surface area contributed by atoms with E-state index in [4.69, 9.17) is 23.2 Å². The number of aromatic nitrogens is 2. The van der Waals surface area contributed by atoms with Crippen molar-refractivity contribution in [3.05, 3.63) is 69.8 Å². The van der Waals surface area contributed by atoms with E-state index in [0.29, 0.717) is 11.4 Å². The first-order chi connectivity index (χ1) is 12.7. The third-order valence-electron chi connectivity index (χ3n) is 3.53. The van der Waals surface area contributed by atoms with Crippen molar-refractivity contribution in [1.29, 1.82) is 0 Å². The van der Waals surface area contributed by atoms with E-state index >= 15 is 0 Å². The third-order valence-corrected chi connectivity index (χ3v) is 5.63. The van der Waals surface area contributed by atoms with Crippen molar-refractivity contribution in [2.75, 3.05) is 10.0 Å². The molecule has 0 saturated heterocycles. The molecule has 1 heterocycles. The van der Waals surface area contributed by atoms with E-state index in [1.54, 1.807) is 6.07 Å². The smallest absolute Gasteiger partial charge is 0.263 e. The maximum atomic E-state index is 12.5. The fourth-order valence-electron chi connectivity index (χ4n) is 2.25. The molecule has 0 fully saturated rings. The molecule has 0 atom stereocenters. The molecular formula is C17H14Cl2N4O3S. The molecule has 2 aromatic carbocycles. The highest BCUT2D eigenvalue weighted by Gasteiger charge is 2.19. The number of aromatic amines is 1. The Labute approximate surface area is 165 Å². The lowest BCUT2D eigenvalue weighted by atomic mass is 10.2. The molecule has 0 aliphatic heterocycles. The predicted octanol–water partition coefficient (Wildman–Crippen LogP) is 4.08. The van der Waals surface area contributed by atoms with Gasteiger partial charge in [0.2, 0.25) is 0 Å². The average molecular weight is 425 g/mol. The molecule has 3 rings (SSSR count). The second kappa shape index (κ2) is 7.59. The quantitative estimate of drug-likeness (QED) is 0.573. The van der Waals surface area contributed by atoms with Crippen molar-refractivity contribution in [3.63, 3.8) is 0 Å². The van der Waals surface area contributed by atoms with Crippen molar-refractivity contribution in [3.8, 4) is 0 Å². The number of rotatable bonds is 5. The van der Waals surface area contributed by atoms with Crippen LogP contribution in [-0.4, -0.2) is 24.5 Å². The average Bonchev–Trinajstić information content (AvgIpc) is 3.02.